The maximum Gasteiger partial charge on any atom is 0.223 e. The smallest absolute Gasteiger partial charge is 0.223 e. The molecule has 0 unspecified atom stereocenters. The fraction of sp³-hybridized carbons (Fsp3) is 0. The Labute approximate surface area is 114 Å². The number of hydrogen-bond donors (Lipinski definition) is 3. The highest BCUT2D eigenvalue weighted by molar-refractivity contribution is 6.31. The Bertz CT molecular complexity index is 626. The van der Waals surface area contributed by atoms with Gasteiger partial charge in [-0.05, 0) is 24.3 Å². The van der Waals surface area contributed by atoms with E-state index >= 15 is 0 Å². The molecule has 0 radical (unpaired) electrons. The second-order valence-electron chi connectivity index (χ2n) is 3.59. The van der Waals surface area contributed by atoms with Gasteiger partial charge in [0, 0.05) is 17.4 Å². The van der Waals surface area contributed by atoms with E-state index in [0.717, 1.165) is 0 Å². The lowest BCUT2D eigenvalue weighted by atomic mass is 10.2. The summed E-state index contributed by atoms with van der Waals surface area (Å²) in [5.74, 6) is -0.223. The van der Waals surface area contributed by atoms with Crippen LogP contribution in [-0.4, -0.2) is 21.7 Å². The monoisotopic (exact) mass is 277 g/mol. The predicted molar refractivity (Wildman–Crippen MR) is 75.7 cm³/mol. The van der Waals surface area contributed by atoms with Crippen molar-refractivity contribution in [1.29, 1.82) is 0 Å². The fourth-order valence-electron chi connectivity index (χ4n) is 1.47. The first-order valence-corrected chi connectivity index (χ1v) is 5.67. The highest BCUT2D eigenvalue weighted by Gasteiger charge is 2.06. The Kier molecular flexibility index (Phi) is 3.67. The molecule has 6 N–H and O–H groups in total. The molecular weight excluding hydrogens is 266 g/mol. The van der Waals surface area contributed by atoms with Crippen LogP contribution < -0.4 is 17.2 Å². The number of halogens is 1. The number of aliphatic imine (C=N–C) groups is 2. The summed E-state index contributed by atoms with van der Waals surface area (Å²) in [6, 6.07) is 6.94. The fourth-order valence-corrected chi connectivity index (χ4v) is 1.64. The molecule has 0 aliphatic rings. The Morgan fingerprint density at radius 2 is 2.05 bits per heavy atom. The van der Waals surface area contributed by atoms with Crippen LogP contribution in [0.3, 0.4) is 0 Å². The molecule has 1 heterocycles. The van der Waals surface area contributed by atoms with Crippen LogP contribution in [0.25, 0.3) is 5.69 Å². The van der Waals surface area contributed by atoms with Crippen molar-refractivity contribution in [2.24, 2.45) is 27.2 Å². The summed E-state index contributed by atoms with van der Waals surface area (Å²) < 4.78 is 1.64. The highest BCUT2D eigenvalue weighted by atomic mass is 35.5. The van der Waals surface area contributed by atoms with Gasteiger partial charge in [0.15, 0.2) is 5.96 Å². The van der Waals surface area contributed by atoms with Gasteiger partial charge in [-0.1, -0.05) is 11.6 Å². The minimum Gasteiger partial charge on any atom is -0.370 e. The van der Waals surface area contributed by atoms with E-state index in [-0.39, 0.29) is 11.9 Å². The first-order valence-electron chi connectivity index (χ1n) is 5.29. The average Bonchev–Trinajstić information content (AvgIpc) is 2.81. The van der Waals surface area contributed by atoms with Crippen molar-refractivity contribution in [3.63, 3.8) is 0 Å². The predicted octanol–water partition coefficient (Wildman–Crippen LogP) is 0.745. The molecule has 98 valence electrons. The van der Waals surface area contributed by atoms with Gasteiger partial charge in [-0.3, -0.25) is 0 Å². The van der Waals surface area contributed by atoms with Gasteiger partial charge in [-0.2, -0.15) is 10.1 Å². The number of nitrogens with two attached hydrogens (primary N) is 3. The third-order valence-corrected chi connectivity index (χ3v) is 2.40. The van der Waals surface area contributed by atoms with Crippen LogP contribution in [0, 0.1) is 0 Å². The van der Waals surface area contributed by atoms with Crippen LogP contribution >= 0.6 is 11.6 Å². The molecule has 2 rings (SSSR count). The molecule has 1 aromatic carbocycles. The SMILES string of the molecule is NC(N)=NC(N)=Nc1cc(Cl)ccc1-n1cccn1. The summed E-state index contributed by atoms with van der Waals surface area (Å²) in [4.78, 5) is 7.77. The van der Waals surface area contributed by atoms with Gasteiger partial charge in [-0.25, -0.2) is 9.67 Å². The van der Waals surface area contributed by atoms with Gasteiger partial charge in [0.05, 0.1) is 11.4 Å². The zero-order chi connectivity index (χ0) is 13.8. The van der Waals surface area contributed by atoms with Gasteiger partial charge < -0.3 is 17.2 Å². The molecule has 0 bridgehead atoms. The van der Waals surface area contributed by atoms with Crippen molar-refractivity contribution in [1.82, 2.24) is 9.78 Å². The Morgan fingerprint density at radius 3 is 2.68 bits per heavy atom. The number of hydrogen-bond acceptors (Lipinski definition) is 2. The maximum atomic E-state index is 5.94. The van der Waals surface area contributed by atoms with Crippen LogP contribution in [0.5, 0.6) is 0 Å². The van der Waals surface area contributed by atoms with E-state index in [1.54, 1.807) is 41.3 Å². The van der Waals surface area contributed by atoms with Crippen molar-refractivity contribution in [3.8, 4) is 5.69 Å². The molecule has 0 aliphatic heterocycles. The van der Waals surface area contributed by atoms with Gasteiger partial charge in [0.2, 0.25) is 5.96 Å². The van der Waals surface area contributed by atoms with Crippen molar-refractivity contribution < 1.29 is 0 Å². The molecule has 19 heavy (non-hydrogen) atoms. The zero-order valence-corrected chi connectivity index (χ0v) is 10.6. The van der Waals surface area contributed by atoms with E-state index < -0.39 is 0 Å². The summed E-state index contributed by atoms with van der Waals surface area (Å²) in [5, 5.41) is 4.64. The molecule has 8 heteroatoms. The molecule has 0 atom stereocenters. The van der Waals surface area contributed by atoms with Crippen LogP contribution in [0.15, 0.2) is 46.6 Å². The zero-order valence-electron chi connectivity index (χ0n) is 9.86. The molecule has 2 aromatic rings. The van der Waals surface area contributed by atoms with Crippen molar-refractivity contribution >= 4 is 29.2 Å². The van der Waals surface area contributed by atoms with Crippen molar-refractivity contribution in [2.45, 2.75) is 0 Å². The minimum absolute atomic E-state index is 0.0596. The molecule has 0 aliphatic carbocycles. The van der Waals surface area contributed by atoms with E-state index in [4.69, 9.17) is 28.8 Å². The number of rotatable bonds is 2. The second-order valence-corrected chi connectivity index (χ2v) is 4.03. The molecule has 1 aromatic heterocycles. The highest BCUT2D eigenvalue weighted by Crippen LogP contribution is 2.26. The summed E-state index contributed by atoms with van der Waals surface area (Å²) >= 11 is 5.94. The van der Waals surface area contributed by atoms with E-state index in [1.165, 1.54) is 0 Å². The Balaban J connectivity index is 2.50. The largest absolute Gasteiger partial charge is 0.370 e. The van der Waals surface area contributed by atoms with E-state index in [1.807, 2.05) is 0 Å². The third kappa shape index (κ3) is 3.23. The average molecular weight is 278 g/mol. The lowest BCUT2D eigenvalue weighted by Crippen LogP contribution is -2.26. The molecule has 0 spiro atoms. The number of nitrogens with zero attached hydrogens (tertiary/aromatic N) is 4. The normalized spacial score (nSPS) is 11.3. The van der Waals surface area contributed by atoms with E-state index in [9.17, 15) is 0 Å². The van der Waals surface area contributed by atoms with Crippen LogP contribution in [0.2, 0.25) is 5.02 Å². The van der Waals surface area contributed by atoms with Crippen LogP contribution in [-0.2, 0) is 0 Å². The number of guanidine groups is 2. The summed E-state index contributed by atoms with van der Waals surface area (Å²) in [6.07, 6.45) is 3.43. The standard InChI is InChI=1S/C11H12ClN7/c12-7-2-3-9(19-5-1-4-16-19)8(6-7)17-11(15)18-10(13)14/h1-6H,(H6,13,14,15,17,18). The Hall–Kier alpha value is -2.54. The summed E-state index contributed by atoms with van der Waals surface area (Å²) in [6.45, 7) is 0. The number of aromatic nitrogens is 2. The number of benzene rings is 1. The lowest BCUT2D eigenvalue weighted by Gasteiger charge is -2.06. The van der Waals surface area contributed by atoms with Crippen LogP contribution in [0.4, 0.5) is 5.69 Å². The second kappa shape index (κ2) is 5.40. The van der Waals surface area contributed by atoms with Gasteiger partial charge in [0.1, 0.15) is 0 Å². The first kappa shape index (κ1) is 12.9. The van der Waals surface area contributed by atoms with Crippen LogP contribution in [0.1, 0.15) is 0 Å². The minimum atomic E-state index is -0.163. The third-order valence-electron chi connectivity index (χ3n) is 2.17. The van der Waals surface area contributed by atoms with E-state index in [0.29, 0.717) is 16.4 Å². The summed E-state index contributed by atoms with van der Waals surface area (Å²) in [7, 11) is 0. The molecule has 0 saturated carbocycles. The van der Waals surface area contributed by atoms with Crippen molar-refractivity contribution in [3.05, 3.63) is 41.7 Å². The molecule has 0 fully saturated rings. The quantitative estimate of drug-likeness (QED) is 0.554. The van der Waals surface area contributed by atoms with Gasteiger partial charge in [0.25, 0.3) is 0 Å². The molecule has 7 nitrogen and oxygen atoms in total. The topological polar surface area (TPSA) is 121 Å². The lowest BCUT2D eigenvalue weighted by molar-refractivity contribution is 0.880. The summed E-state index contributed by atoms with van der Waals surface area (Å²) in [5.41, 5.74) is 17.3. The maximum absolute atomic E-state index is 5.94. The molecule has 0 amide bonds. The first-order chi connectivity index (χ1) is 9.06. The Morgan fingerprint density at radius 1 is 1.26 bits per heavy atom. The molecular formula is C11H12ClN7. The van der Waals surface area contributed by atoms with Crippen molar-refractivity contribution in [2.75, 3.05) is 0 Å². The van der Waals surface area contributed by atoms with Gasteiger partial charge >= 0.3 is 0 Å². The van der Waals surface area contributed by atoms with Gasteiger partial charge in [-0.15, -0.1) is 0 Å². The van der Waals surface area contributed by atoms with E-state index in [2.05, 4.69) is 15.1 Å². The molecule has 0 saturated heterocycles.